The van der Waals surface area contributed by atoms with E-state index in [9.17, 15) is 14.4 Å². The number of hydrogen-bond donors (Lipinski definition) is 0. The van der Waals surface area contributed by atoms with Gasteiger partial charge in [0.05, 0.1) is 13.1 Å². The summed E-state index contributed by atoms with van der Waals surface area (Å²) in [7, 11) is 0. The summed E-state index contributed by atoms with van der Waals surface area (Å²) in [5, 5.41) is 0. The molecule has 0 radical (unpaired) electrons. The fourth-order valence-electron chi connectivity index (χ4n) is 4.06. The zero-order valence-electron chi connectivity index (χ0n) is 15.8. The van der Waals surface area contributed by atoms with Crippen molar-refractivity contribution < 1.29 is 14.4 Å². The molecule has 0 aromatic carbocycles. The number of piperazine rings is 1. The summed E-state index contributed by atoms with van der Waals surface area (Å²) >= 11 is 0. The van der Waals surface area contributed by atoms with Crippen LogP contribution in [0.15, 0.2) is 0 Å². The Kier molecular flexibility index (Phi) is 6.88. The normalized spacial score (nSPS) is 23.1. The number of piperidine rings is 1. The third-order valence-corrected chi connectivity index (χ3v) is 5.79. The molecule has 0 bridgehead atoms. The SMILES string of the molecule is O=C(CN1CCN(C(=O)CN2CCCCCC2=O)CC1)N1CCCCC1. The molecule has 3 fully saturated rings. The van der Waals surface area contributed by atoms with Crippen molar-refractivity contribution in [3.8, 4) is 0 Å². The van der Waals surface area contributed by atoms with Crippen molar-refractivity contribution in [3.05, 3.63) is 0 Å². The predicted octanol–water partition coefficient (Wildman–Crippen LogP) is 0.546. The van der Waals surface area contributed by atoms with E-state index in [0.29, 0.717) is 32.6 Å². The second-order valence-electron chi connectivity index (χ2n) is 7.72. The van der Waals surface area contributed by atoms with Crippen LogP contribution in [0.2, 0.25) is 0 Å². The van der Waals surface area contributed by atoms with Crippen LogP contribution in [-0.4, -0.2) is 96.2 Å². The van der Waals surface area contributed by atoms with Crippen LogP contribution in [-0.2, 0) is 14.4 Å². The Bertz CT molecular complexity index is 511. The lowest BCUT2D eigenvalue weighted by Crippen LogP contribution is -2.53. The first-order valence-electron chi connectivity index (χ1n) is 10.2. The number of likely N-dealkylation sites (tertiary alicyclic amines) is 2. The average molecular weight is 364 g/mol. The van der Waals surface area contributed by atoms with E-state index < -0.39 is 0 Å². The lowest BCUT2D eigenvalue weighted by Gasteiger charge is -2.36. The van der Waals surface area contributed by atoms with E-state index in [1.54, 1.807) is 4.90 Å². The lowest BCUT2D eigenvalue weighted by molar-refractivity contribution is -0.141. The van der Waals surface area contributed by atoms with Crippen molar-refractivity contribution in [1.82, 2.24) is 19.6 Å². The van der Waals surface area contributed by atoms with Gasteiger partial charge in [0.1, 0.15) is 0 Å². The van der Waals surface area contributed by atoms with Gasteiger partial charge in [0.25, 0.3) is 0 Å². The fraction of sp³-hybridized carbons (Fsp3) is 0.842. The molecule has 0 aromatic rings. The summed E-state index contributed by atoms with van der Waals surface area (Å²) in [6.07, 6.45) is 7.02. The quantitative estimate of drug-likeness (QED) is 0.731. The highest BCUT2D eigenvalue weighted by Gasteiger charge is 2.27. The summed E-state index contributed by atoms with van der Waals surface area (Å²) in [6.45, 7) is 5.93. The Morgan fingerprint density at radius 1 is 0.654 bits per heavy atom. The van der Waals surface area contributed by atoms with Gasteiger partial charge in [0, 0.05) is 52.2 Å². The lowest BCUT2D eigenvalue weighted by atomic mass is 10.1. The number of carbonyl (C=O) groups is 3. The highest BCUT2D eigenvalue weighted by atomic mass is 16.2. The van der Waals surface area contributed by atoms with E-state index in [4.69, 9.17) is 0 Å². The highest BCUT2D eigenvalue weighted by molar-refractivity contribution is 5.85. The molecule has 3 aliphatic heterocycles. The molecule has 7 heteroatoms. The summed E-state index contributed by atoms with van der Waals surface area (Å²) in [6, 6.07) is 0. The maximum atomic E-state index is 12.5. The van der Waals surface area contributed by atoms with Crippen molar-refractivity contribution in [2.75, 3.05) is 58.9 Å². The summed E-state index contributed by atoms with van der Waals surface area (Å²) in [5.74, 6) is 0.378. The van der Waals surface area contributed by atoms with Gasteiger partial charge in [-0.2, -0.15) is 0 Å². The molecule has 7 nitrogen and oxygen atoms in total. The van der Waals surface area contributed by atoms with Gasteiger partial charge in [-0.1, -0.05) is 6.42 Å². The van der Waals surface area contributed by atoms with Crippen molar-refractivity contribution in [2.24, 2.45) is 0 Å². The Hall–Kier alpha value is -1.63. The van der Waals surface area contributed by atoms with E-state index in [1.807, 2.05) is 9.80 Å². The molecule has 3 saturated heterocycles. The number of nitrogens with zero attached hydrogens (tertiary/aromatic N) is 4. The molecule has 0 N–H and O–H groups in total. The standard InChI is InChI=1S/C19H32N4O3/c24-17-7-3-1-4-10-23(17)16-19(26)22-13-11-20(12-14-22)15-18(25)21-8-5-2-6-9-21/h1-16H2. The third-order valence-electron chi connectivity index (χ3n) is 5.79. The molecule has 0 aliphatic carbocycles. The van der Waals surface area contributed by atoms with Gasteiger partial charge in [-0.05, 0) is 32.1 Å². The Labute approximate surface area is 156 Å². The number of amides is 3. The Balaban J connectivity index is 1.40. The van der Waals surface area contributed by atoms with Gasteiger partial charge in [-0.3, -0.25) is 19.3 Å². The molecule has 3 heterocycles. The van der Waals surface area contributed by atoms with Crippen molar-refractivity contribution >= 4 is 17.7 Å². The van der Waals surface area contributed by atoms with E-state index in [-0.39, 0.29) is 24.3 Å². The molecule has 146 valence electrons. The minimum absolute atomic E-state index is 0.0438. The predicted molar refractivity (Wildman–Crippen MR) is 98.5 cm³/mol. The molecule has 0 aromatic heterocycles. The minimum atomic E-state index is 0.0438. The van der Waals surface area contributed by atoms with E-state index in [0.717, 1.165) is 58.3 Å². The maximum Gasteiger partial charge on any atom is 0.242 e. The first-order chi connectivity index (χ1) is 12.6. The fourth-order valence-corrected chi connectivity index (χ4v) is 4.06. The zero-order chi connectivity index (χ0) is 18.4. The van der Waals surface area contributed by atoms with Gasteiger partial charge < -0.3 is 14.7 Å². The van der Waals surface area contributed by atoms with Crippen LogP contribution >= 0.6 is 0 Å². The van der Waals surface area contributed by atoms with Gasteiger partial charge >= 0.3 is 0 Å². The third kappa shape index (κ3) is 5.19. The number of rotatable bonds is 4. The molecule has 3 rings (SSSR count). The monoisotopic (exact) mass is 364 g/mol. The molecule has 0 spiro atoms. The summed E-state index contributed by atoms with van der Waals surface area (Å²) in [5.41, 5.74) is 0. The number of hydrogen-bond acceptors (Lipinski definition) is 4. The summed E-state index contributed by atoms with van der Waals surface area (Å²) < 4.78 is 0. The van der Waals surface area contributed by atoms with E-state index in [1.165, 1.54) is 6.42 Å². The topological polar surface area (TPSA) is 64.2 Å². The van der Waals surface area contributed by atoms with Crippen LogP contribution in [0.4, 0.5) is 0 Å². The largest absolute Gasteiger partial charge is 0.342 e. The maximum absolute atomic E-state index is 12.5. The Morgan fingerprint density at radius 3 is 1.96 bits per heavy atom. The van der Waals surface area contributed by atoms with E-state index >= 15 is 0 Å². The molecule has 3 aliphatic rings. The van der Waals surface area contributed by atoms with Gasteiger partial charge in [-0.25, -0.2) is 0 Å². The first-order valence-corrected chi connectivity index (χ1v) is 10.2. The van der Waals surface area contributed by atoms with Crippen LogP contribution in [0.25, 0.3) is 0 Å². The van der Waals surface area contributed by atoms with Crippen LogP contribution in [0.3, 0.4) is 0 Å². The second kappa shape index (κ2) is 9.35. The van der Waals surface area contributed by atoms with Crippen molar-refractivity contribution in [3.63, 3.8) is 0 Å². The average Bonchev–Trinajstić information content (AvgIpc) is 2.87. The smallest absolute Gasteiger partial charge is 0.242 e. The molecule has 3 amide bonds. The van der Waals surface area contributed by atoms with E-state index in [2.05, 4.69) is 4.90 Å². The molecular formula is C19H32N4O3. The first kappa shape index (κ1) is 19.1. The zero-order valence-corrected chi connectivity index (χ0v) is 15.8. The number of carbonyl (C=O) groups excluding carboxylic acids is 3. The van der Waals surface area contributed by atoms with Crippen LogP contribution in [0, 0.1) is 0 Å². The molecule has 26 heavy (non-hydrogen) atoms. The molecule has 0 unspecified atom stereocenters. The van der Waals surface area contributed by atoms with Crippen molar-refractivity contribution in [2.45, 2.75) is 44.9 Å². The molecule has 0 atom stereocenters. The van der Waals surface area contributed by atoms with Gasteiger partial charge in [0.2, 0.25) is 17.7 Å². The van der Waals surface area contributed by atoms with Gasteiger partial charge in [0.15, 0.2) is 0 Å². The Morgan fingerprint density at radius 2 is 1.23 bits per heavy atom. The summed E-state index contributed by atoms with van der Waals surface area (Å²) in [4.78, 5) is 44.7. The van der Waals surface area contributed by atoms with Crippen molar-refractivity contribution in [1.29, 1.82) is 0 Å². The highest BCUT2D eigenvalue weighted by Crippen LogP contribution is 2.13. The van der Waals surface area contributed by atoms with Crippen LogP contribution in [0.5, 0.6) is 0 Å². The van der Waals surface area contributed by atoms with Gasteiger partial charge in [-0.15, -0.1) is 0 Å². The molecular weight excluding hydrogens is 332 g/mol. The van der Waals surface area contributed by atoms with Crippen LogP contribution in [0.1, 0.15) is 44.9 Å². The minimum Gasteiger partial charge on any atom is -0.342 e. The second-order valence-corrected chi connectivity index (χ2v) is 7.72. The molecule has 0 saturated carbocycles. The van der Waals surface area contributed by atoms with Crippen LogP contribution < -0.4 is 0 Å².